The van der Waals surface area contributed by atoms with Crippen LogP contribution in [-0.4, -0.2) is 29.9 Å². The molecule has 15 aromatic carbocycles. The maximum atomic E-state index is 5.36. The molecule has 0 atom stereocenters. The van der Waals surface area contributed by atoms with Crippen LogP contribution in [-0.2, 0) is 0 Å². The molecule has 0 spiro atoms. The van der Waals surface area contributed by atoms with Crippen LogP contribution in [0, 0.1) is 0 Å². The number of hydrogen-bond donors (Lipinski definition) is 0. The molecule has 19 rings (SSSR count). The van der Waals surface area contributed by atoms with Gasteiger partial charge in [-0.1, -0.05) is 273 Å². The molecule has 466 valence electrons. The molecule has 0 aliphatic carbocycles. The van der Waals surface area contributed by atoms with Crippen LogP contribution in [0.25, 0.3) is 188 Å². The van der Waals surface area contributed by atoms with E-state index in [1.807, 2.05) is 24.5 Å². The summed E-state index contributed by atoms with van der Waals surface area (Å²) in [4.78, 5) is 29.9. The molecule has 4 aromatic heterocycles. The lowest BCUT2D eigenvalue weighted by atomic mass is 9.92. The molecule has 0 fully saturated rings. The van der Waals surface area contributed by atoms with E-state index < -0.39 is 0 Å². The minimum absolute atomic E-state index is 0.697. The summed E-state index contributed by atoms with van der Waals surface area (Å²) in [6.07, 6.45) is 7.40. The van der Waals surface area contributed by atoms with Crippen LogP contribution in [0.5, 0.6) is 0 Å². The number of nitrogens with zero attached hydrogens (tertiary/aromatic N) is 6. The number of pyridine rings is 2. The largest absolute Gasteiger partial charge is 0.264 e. The number of aromatic nitrogens is 6. The van der Waals surface area contributed by atoms with E-state index >= 15 is 0 Å². The van der Waals surface area contributed by atoms with Crippen molar-refractivity contribution in [3.8, 4) is 112 Å². The maximum Gasteiger partial charge on any atom is 0.161 e. The number of hydrogen-bond acceptors (Lipinski definition) is 6. The van der Waals surface area contributed by atoms with Crippen LogP contribution >= 0.6 is 0 Å². The number of fused-ring (bicyclic) bond motifs is 10. The normalized spacial score (nSPS) is 11.4. The summed E-state index contributed by atoms with van der Waals surface area (Å²) in [7, 11) is 0. The fourth-order valence-electron chi connectivity index (χ4n) is 14.4. The number of benzene rings is 15. The van der Waals surface area contributed by atoms with E-state index in [1.165, 1.54) is 65.0 Å². The smallest absolute Gasteiger partial charge is 0.161 e. The van der Waals surface area contributed by atoms with Crippen molar-refractivity contribution in [1.82, 2.24) is 29.9 Å². The molecule has 100 heavy (non-hydrogen) atoms. The summed E-state index contributed by atoms with van der Waals surface area (Å²) >= 11 is 0. The van der Waals surface area contributed by atoms with E-state index in [9.17, 15) is 0 Å². The van der Waals surface area contributed by atoms with Gasteiger partial charge in [0.15, 0.2) is 11.6 Å². The Morgan fingerprint density at radius 1 is 0.160 bits per heavy atom. The Kier molecular flexibility index (Phi) is 15.1. The molecule has 0 unspecified atom stereocenters. The third-order valence-corrected chi connectivity index (χ3v) is 19.3. The highest BCUT2D eigenvalue weighted by Crippen LogP contribution is 2.42. The lowest BCUT2D eigenvalue weighted by Crippen LogP contribution is -1.97. The molecule has 0 aliphatic heterocycles. The van der Waals surface area contributed by atoms with Crippen molar-refractivity contribution in [3.63, 3.8) is 0 Å². The second-order valence-electron chi connectivity index (χ2n) is 25.3. The molecule has 0 N–H and O–H groups in total. The van der Waals surface area contributed by atoms with E-state index in [0.717, 1.165) is 111 Å². The monoisotopic (exact) mass is 1270 g/mol. The van der Waals surface area contributed by atoms with Gasteiger partial charge in [0.2, 0.25) is 0 Å². The van der Waals surface area contributed by atoms with E-state index in [0.29, 0.717) is 11.6 Å². The quantitative estimate of drug-likeness (QED) is 0.127. The highest BCUT2D eigenvalue weighted by molar-refractivity contribution is 6.16. The van der Waals surface area contributed by atoms with E-state index in [4.69, 9.17) is 19.9 Å². The van der Waals surface area contributed by atoms with Crippen molar-refractivity contribution in [2.24, 2.45) is 0 Å². The van der Waals surface area contributed by atoms with Crippen molar-refractivity contribution in [1.29, 1.82) is 0 Å². The third kappa shape index (κ3) is 11.2. The summed E-state index contributed by atoms with van der Waals surface area (Å²) in [5, 5.41) is 17.0. The molecule has 0 saturated carbocycles. The molecule has 0 saturated heterocycles. The predicted octanol–water partition coefficient (Wildman–Crippen LogP) is 24.5. The second kappa shape index (κ2) is 25.6. The van der Waals surface area contributed by atoms with Crippen molar-refractivity contribution >= 4 is 75.4 Å². The SMILES string of the molecule is c1cncc(-c2cccc(-c3cc(-c4cccc(-c5cc6ccccc6c6ccccc56)c4)nc(-c4cc5ccccc5c5ccccc45)n3)c2)c1.c1cncc(-c2cccc(-c3cc(-c4cccc(-c5cc6ccccc6c6ccccc56)c4)nc(-c4cccc5ccccc45)n3)c2)c1. The van der Waals surface area contributed by atoms with Gasteiger partial charge in [-0.25, -0.2) is 19.9 Å². The highest BCUT2D eigenvalue weighted by Gasteiger charge is 2.20. The van der Waals surface area contributed by atoms with Crippen LogP contribution in [0.4, 0.5) is 0 Å². The van der Waals surface area contributed by atoms with Crippen LogP contribution in [0.2, 0.25) is 0 Å². The highest BCUT2D eigenvalue weighted by atomic mass is 14.9. The molecule has 0 aliphatic rings. The minimum Gasteiger partial charge on any atom is -0.264 e. The van der Waals surface area contributed by atoms with E-state index in [2.05, 4.69) is 338 Å². The van der Waals surface area contributed by atoms with Crippen LogP contribution in [0.1, 0.15) is 0 Å². The Bertz CT molecular complexity index is 6360. The summed E-state index contributed by atoms with van der Waals surface area (Å²) in [5.74, 6) is 1.40. The van der Waals surface area contributed by atoms with Gasteiger partial charge < -0.3 is 0 Å². The van der Waals surface area contributed by atoms with Crippen molar-refractivity contribution in [2.75, 3.05) is 0 Å². The zero-order chi connectivity index (χ0) is 66.3. The van der Waals surface area contributed by atoms with Crippen LogP contribution < -0.4 is 0 Å². The Labute approximate surface area is 578 Å². The van der Waals surface area contributed by atoms with Gasteiger partial charge in [0.1, 0.15) is 0 Å². The molecular formula is C94H60N6. The molecule has 19 aromatic rings. The lowest BCUT2D eigenvalue weighted by molar-refractivity contribution is 1.19. The standard InChI is InChI=1S/C49H31N3.C45H29N3/c1-3-19-39-34(12-1)28-45(43-23-7-5-21-41(39)43)33-15-10-17-37(27-33)48-30-47(36-16-9-14-32(26-36)38-18-11-25-50-31-38)51-49(52-48)46-29-35-13-2-4-20-40(35)42-22-6-8-24-44(42)46;1-3-19-37-30(11-1)13-9-23-41(37)45-47-43(34-16-7-14-31(25-34)36-18-10-24-46-29-36)28-44(48-45)35-17-8-15-32(26-35)42-27-33-12-2-4-20-38(33)39-21-5-6-22-40(39)42/h1-31H;1-29H. The first-order valence-electron chi connectivity index (χ1n) is 33.8. The first-order chi connectivity index (χ1) is 49.5. The fraction of sp³-hybridized carbons (Fsp3) is 0. The average molecular weight is 1270 g/mol. The molecule has 0 amide bonds. The molecule has 0 bridgehead atoms. The summed E-state index contributed by atoms with van der Waals surface area (Å²) in [5.41, 5.74) is 18.7. The second-order valence-corrected chi connectivity index (χ2v) is 25.3. The molecular weight excluding hydrogens is 1210 g/mol. The Balaban J connectivity index is 0.000000145. The first kappa shape index (κ1) is 59.1. The Hall–Kier alpha value is -13.4. The summed E-state index contributed by atoms with van der Waals surface area (Å²) < 4.78 is 0. The average Bonchev–Trinajstić information content (AvgIpc) is 0.772. The van der Waals surface area contributed by atoms with Gasteiger partial charge in [-0.15, -0.1) is 0 Å². The van der Waals surface area contributed by atoms with Gasteiger partial charge >= 0.3 is 0 Å². The van der Waals surface area contributed by atoms with Gasteiger partial charge in [0.05, 0.1) is 22.8 Å². The Morgan fingerprint density at radius 3 is 0.860 bits per heavy atom. The number of rotatable bonds is 10. The third-order valence-electron chi connectivity index (χ3n) is 19.3. The van der Waals surface area contributed by atoms with Crippen LogP contribution in [0.15, 0.2) is 365 Å². The van der Waals surface area contributed by atoms with Crippen molar-refractivity contribution in [2.45, 2.75) is 0 Å². The summed E-state index contributed by atoms with van der Waals surface area (Å²) in [6, 6.07) is 120. The van der Waals surface area contributed by atoms with Crippen molar-refractivity contribution < 1.29 is 0 Å². The van der Waals surface area contributed by atoms with Gasteiger partial charge in [-0.2, -0.15) is 0 Å². The van der Waals surface area contributed by atoms with Crippen LogP contribution in [0.3, 0.4) is 0 Å². The predicted molar refractivity (Wildman–Crippen MR) is 417 cm³/mol. The Morgan fingerprint density at radius 2 is 0.450 bits per heavy atom. The zero-order valence-corrected chi connectivity index (χ0v) is 54.3. The minimum atomic E-state index is 0.697. The van der Waals surface area contributed by atoms with Gasteiger partial charge in [0.25, 0.3) is 0 Å². The lowest BCUT2D eigenvalue weighted by Gasteiger charge is -2.15. The van der Waals surface area contributed by atoms with Crippen molar-refractivity contribution in [3.05, 3.63) is 365 Å². The summed E-state index contributed by atoms with van der Waals surface area (Å²) in [6.45, 7) is 0. The topological polar surface area (TPSA) is 77.3 Å². The van der Waals surface area contributed by atoms with Gasteiger partial charge in [-0.05, 0) is 176 Å². The van der Waals surface area contributed by atoms with E-state index in [-0.39, 0.29) is 0 Å². The molecule has 4 heterocycles. The van der Waals surface area contributed by atoms with Gasteiger partial charge in [0, 0.05) is 69.3 Å². The first-order valence-corrected chi connectivity index (χ1v) is 33.8. The molecule has 0 radical (unpaired) electrons. The van der Waals surface area contributed by atoms with E-state index in [1.54, 1.807) is 12.4 Å². The fourth-order valence-corrected chi connectivity index (χ4v) is 14.4. The molecule has 6 nitrogen and oxygen atoms in total. The zero-order valence-electron chi connectivity index (χ0n) is 54.3. The van der Waals surface area contributed by atoms with Gasteiger partial charge in [-0.3, -0.25) is 9.97 Å². The maximum absolute atomic E-state index is 5.36. The molecule has 6 heteroatoms.